The lowest BCUT2D eigenvalue weighted by atomic mass is 9.98. The molecule has 0 bridgehead atoms. The predicted molar refractivity (Wildman–Crippen MR) is 176 cm³/mol. The third-order valence-corrected chi connectivity index (χ3v) is 8.24. The van der Waals surface area contributed by atoms with Crippen LogP contribution in [0.5, 0.6) is 0 Å². The maximum absolute atomic E-state index is 11.9. The number of carbonyl (C=O) groups is 1. The molecule has 4 atom stereocenters. The van der Waals surface area contributed by atoms with E-state index in [1.807, 2.05) is 54.6 Å². The minimum Gasteiger partial charge on any atom is -0.445 e. The van der Waals surface area contributed by atoms with Gasteiger partial charge in [-0.1, -0.05) is 104 Å². The monoisotopic (exact) mass is 606 g/mol. The van der Waals surface area contributed by atoms with Gasteiger partial charge in [0.2, 0.25) is 0 Å². The Hall–Kier alpha value is -4.27. The van der Waals surface area contributed by atoms with Crippen molar-refractivity contribution in [2.24, 2.45) is 0 Å². The van der Waals surface area contributed by atoms with Gasteiger partial charge in [0.25, 0.3) is 0 Å². The van der Waals surface area contributed by atoms with Crippen LogP contribution in [0.4, 0.5) is 4.79 Å². The van der Waals surface area contributed by atoms with E-state index >= 15 is 0 Å². The van der Waals surface area contributed by atoms with Gasteiger partial charge in [0, 0.05) is 31.1 Å². The van der Waals surface area contributed by atoms with Crippen LogP contribution in [0.2, 0.25) is 0 Å². The van der Waals surface area contributed by atoms with E-state index < -0.39 is 12.4 Å². The maximum atomic E-state index is 11.9. The van der Waals surface area contributed by atoms with E-state index in [0.29, 0.717) is 13.0 Å². The van der Waals surface area contributed by atoms with Crippen molar-refractivity contribution >= 4 is 6.09 Å². The van der Waals surface area contributed by atoms with E-state index in [1.165, 1.54) is 11.6 Å². The van der Waals surface area contributed by atoms with E-state index in [1.54, 1.807) is 0 Å². The van der Waals surface area contributed by atoms with Gasteiger partial charge in [0.05, 0.1) is 18.8 Å². The Bertz CT molecular complexity index is 1540. The zero-order valence-corrected chi connectivity index (χ0v) is 26.0. The number of rotatable bonds is 12. The molecular formula is C38H42N2O5. The first-order valence-electron chi connectivity index (χ1n) is 15.4. The van der Waals surface area contributed by atoms with Gasteiger partial charge in [-0.15, -0.1) is 0 Å². The van der Waals surface area contributed by atoms with Crippen LogP contribution in [-0.2, 0) is 27.4 Å². The fourth-order valence-electron chi connectivity index (χ4n) is 5.58. The zero-order valence-electron chi connectivity index (χ0n) is 26.0. The number of carbonyl (C=O) groups excluding carboxylic acids is 1. The molecule has 0 spiro atoms. The predicted octanol–water partition coefficient (Wildman–Crippen LogP) is 7.50. The van der Waals surface area contributed by atoms with Crippen LogP contribution in [-0.4, -0.2) is 42.4 Å². The number of aliphatic hydroxyl groups is 1. The summed E-state index contributed by atoms with van der Waals surface area (Å²) >= 11 is 0. The summed E-state index contributed by atoms with van der Waals surface area (Å²) in [4.78, 5) is 14.2. The summed E-state index contributed by atoms with van der Waals surface area (Å²) in [7, 11) is 2.14. The number of amides is 1. The van der Waals surface area contributed by atoms with Crippen molar-refractivity contribution in [3.63, 3.8) is 0 Å². The first-order valence-corrected chi connectivity index (χ1v) is 15.4. The Labute approximate surface area is 266 Å². The second-order valence-electron chi connectivity index (χ2n) is 11.4. The Morgan fingerprint density at radius 3 is 2.42 bits per heavy atom. The maximum Gasteiger partial charge on any atom is 0.407 e. The summed E-state index contributed by atoms with van der Waals surface area (Å²) in [5, 5.41) is 12.3. The van der Waals surface area contributed by atoms with E-state index in [9.17, 15) is 9.90 Å². The van der Waals surface area contributed by atoms with Gasteiger partial charge in [-0.05, 0) is 59.5 Å². The molecule has 1 heterocycles. The standard InChI is InChI=1S/C38H42N2O5/c1-4-20-43-38(42)39-24-29-10-8-13-32(21-29)33-14-9-15-34(22-33)37-44-35(25-40(3)27(2)30-11-6-5-7-12-30)23-36(45-37)31-18-16-28(26-41)17-19-31/h4-19,21-22,27,35-37,41H,1,20,23-26H2,2-3H3,(H,39,42)/t27-,35+,36-,37-/m0/s1. The SMILES string of the molecule is C=CCOC(=O)NCc1cccc(-c2cccc([C@H]3O[C@@H](CN(C)[C@@H](C)c4ccccc4)C[C@@H](c4ccc(CO)cc4)O3)c2)c1. The molecule has 0 unspecified atom stereocenters. The highest BCUT2D eigenvalue weighted by Crippen LogP contribution is 2.39. The summed E-state index contributed by atoms with van der Waals surface area (Å²) in [6.07, 6.45) is 0.976. The van der Waals surface area contributed by atoms with Crippen LogP contribution in [0.25, 0.3) is 11.1 Å². The van der Waals surface area contributed by atoms with Crippen LogP contribution >= 0.6 is 0 Å². The highest BCUT2D eigenvalue weighted by molar-refractivity contribution is 5.68. The Morgan fingerprint density at radius 1 is 0.956 bits per heavy atom. The normalized spacial score (nSPS) is 18.7. The average molecular weight is 607 g/mol. The van der Waals surface area contributed by atoms with Gasteiger partial charge in [-0.2, -0.15) is 0 Å². The molecule has 1 amide bonds. The van der Waals surface area contributed by atoms with Gasteiger partial charge >= 0.3 is 6.09 Å². The summed E-state index contributed by atoms with van der Waals surface area (Å²) in [5.74, 6) is 0. The van der Waals surface area contributed by atoms with Gasteiger partial charge in [0.15, 0.2) is 6.29 Å². The van der Waals surface area contributed by atoms with Crippen molar-refractivity contribution in [3.05, 3.63) is 144 Å². The molecule has 4 aromatic carbocycles. The van der Waals surface area contributed by atoms with Crippen molar-refractivity contribution in [1.29, 1.82) is 0 Å². The topological polar surface area (TPSA) is 80.3 Å². The lowest BCUT2D eigenvalue weighted by Crippen LogP contribution is -2.38. The van der Waals surface area contributed by atoms with Crippen LogP contribution in [0.15, 0.2) is 116 Å². The molecule has 1 aliphatic rings. The molecule has 2 N–H and O–H groups in total. The Kier molecular flexibility index (Phi) is 11.2. The minimum atomic E-state index is -0.559. The number of benzene rings is 4. The number of aliphatic hydroxyl groups excluding tert-OH is 1. The quantitative estimate of drug-likeness (QED) is 0.163. The van der Waals surface area contributed by atoms with E-state index in [-0.39, 0.29) is 31.5 Å². The first kappa shape index (κ1) is 32.1. The van der Waals surface area contributed by atoms with Crippen LogP contribution in [0.1, 0.15) is 59.6 Å². The van der Waals surface area contributed by atoms with Crippen molar-refractivity contribution in [2.75, 3.05) is 20.2 Å². The molecule has 7 heteroatoms. The Morgan fingerprint density at radius 2 is 1.69 bits per heavy atom. The van der Waals surface area contributed by atoms with Gasteiger partial charge in [0.1, 0.15) is 6.61 Å². The molecule has 0 saturated carbocycles. The molecule has 1 fully saturated rings. The molecule has 5 rings (SSSR count). The van der Waals surface area contributed by atoms with Crippen molar-refractivity contribution in [3.8, 4) is 11.1 Å². The molecule has 0 aromatic heterocycles. The van der Waals surface area contributed by atoms with Crippen LogP contribution < -0.4 is 5.32 Å². The second kappa shape index (κ2) is 15.6. The third-order valence-electron chi connectivity index (χ3n) is 8.24. The third kappa shape index (κ3) is 8.68. The smallest absolute Gasteiger partial charge is 0.407 e. The van der Waals surface area contributed by atoms with E-state index in [0.717, 1.165) is 39.9 Å². The zero-order chi connectivity index (χ0) is 31.6. The largest absolute Gasteiger partial charge is 0.445 e. The molecule has 7 nitrogen and oxygen atoms in total. The fourth-order valence-corrected chi connectivity index (χ4v) is 5.58. The Balaban J connectivity index is 1.35. The first-order chi connectivity index (χ1) is 21.9. The molecule has 234 valence electrons. The lowest BCUT2D eigenvalue weighted by molar-refractivity contribution is -0.253. The number of nitrogens with one attached hydrogen (secondary N) is 1. The summed E-state index contributed by atoms with van der Waals surface area (Å²) < 4.78 is 18.3. The highest BCUT2D eigenvalue weighted by Gasteiger charge is 2.33. The number of hydrogen-bond acceptors (Lipinski definition) is 6. The minimum absolute atomic E-state index is 0.00574. The van der Waals surface area contributed by atoms with Crippen molar-refractivity contribution in [1.82, 2.24) is 10.2 Å². The fraction of sp³-hybridized carbons (Fsp3) is 0.289. The van der Waals surface area contributed by atoms with Crippen LogP contribution in [0.3, 0.4) is 0 Å². The molecular weight excluding hydrogens is 564 g/mol. The summed E-state index contributed by atoms with van der Waals surface area (Å²) in [5.41, 5.74) is 7.14. The molecule has 4 aromatic rings. The number of nitrogens with zero attached hydrogens (tertiary/aromatic N) is 1. The van der Waals surface area contributed by atoms with Gasteiger partial charge in [-0.3, -0.25) is 4.90 Å². The molecule has 1 aliphatic heterocycles. The number of likely N-dealkylation sites (N-methyl/N-ethyl adjacent to an activating group) is 1. The lowest BCUT2D eigenvalue weighted by Gasteiger charge is -2.39. The van der Waals surface area contributed by atoms with Crippen molar-refractivity contribution in [2.45, 2.75) is 51.0 Å². The van der Waals surface area contributed by atoms with Crippen LogP contribution in [0, 0.1) is 0 Å². The molecule has 0 radical (unpaired) electrons. The average Bonchev–Trinajstić information content (AvgIpc) is 3.10. The van der Waals surface area contributed by atoms with Gasteiger partial charge < -0.3 is 24.6 Å². The van der Waals surface area contributed by atoms with E-state index in [4.69, 9.17) is 14.2 Å². The number of alkyl carbamates (subject to hydrolysis) is 1. The number of ether oxygens (including phenoxy) is 3. The molecule has 45 heavy (non-hydrogen) atoms. The molecule has 1 saturated heterocycles. The number of hydrogen-bond donors (Lipinski definition) is 2. The van der Waals surface area contributed by atoms with Gasteiger partial charge in [-0.25, -0.2) is 4.79 Å². The van der Waals surface area contributed by atoms with E-state index in [2.05, 4.69) is 79.3 Å². The summed E-state index contributed by atoms with van der Waals surface area (Å²) in [6, 6.07) is 35.0. The highest BCUT2D eigenvalue weighted by atomic mass is 16.7. The summed E-state index contributed by atoms with van der Waals surface area (Å²) in [6.45, 7) is 7.05. The molecule has 0 aliphatic carbocycles. The van der Waals surface area contributed by atoms with Crippen molar-refractivity contribution < 1.29 is 24.1 Å². The second-order valence-corrected chi connectivity index (χ2v) is 11.4.